The number of para-hydroxylation sites is 1. The molecule has 1 aromatic rings. The molecule has 4 amide bonds. The van der Waals surface area contributed by atoms with E-state index in [1.165, 1.54) is 23.1 Å². The van der Waals surface area contributed by atoms with Gasteiger partial charge in [-0.05, 0) is 44.4 Å². The number of urea groups is 1. The topological polar surface area (TPSA) is 117 Å². The Balaban J connectivity index is 1.57. The number of nitrogens with zero attached hydrogens (tertiary/aromatic N) is 1. The number of piperazine rings is 1. The van der Waals surface area contributed by atoms with E-state index in [9.17, 15) is 18.8 Å². The number of fused-ring (bicyclic) bond motifs is 1. The zero-order valence-corrected chi connectivity index (χ0v) is 14.9. The first-order valence-electron chi connectivity index (χ1n) is 9.12. The first kappa shape index (κ1) is 19.1. The number of rotatable bonds is 6. The number of anilines is 1. The molecule has 0 aliphatic carbocycles. The summed E-state index contributed by atoms with van der Waals surface area (Å²) in [5, 5.41) is 7.92. The molecule has 9 heteroatoms. The van der Waals surface area contributed by atoms with E-state index in [0.29, 0.717) is 19.4 Å². The van der Waals surface area contributed by atoms with Crippen molar-refractivity contribution in [3.63, 3.8) is 0 Å². The van der Waals surface area contributed by atoms with E-state index in [1.807, 2.05) is 0 Å². The van der Waals surface area contributed by atoms with Gasteiger partial charge < -0.3 is 26.6 Å². The average molecular weight is 377 g/mol. The highest BCUT2D eigenvalue weighted by molar-refractivity contribution is 5.98. The van der Waals surface area contributed by atoms with Crippen LogP contribution in [0.1, 0.15) is 25.7 Å². The second-order valence-corrected chi connectivity index (χ2v) is 6.86. The molecule has 0 spiro atoms. The molecule has 5 N–H and O–H groups in total. The Morgan fingerprint density at radius 2 is 2.07 bits per heavy atom. The summed E-state index contributed by atoms with van der Waals surface area (Å²) in [7, 11) is 0. The summed E-state index contributed by atoms with van der Waals surface area (Å²) in [5.74, 6) is -0.868. The van der Waals surface area contributed by atoms with Gasteiger partial charge in [-0.1, -0.05) is 12.1 Å². The van der Waals surface area contributed by atoms with Crippen LogP contribution in [-0.2, 0) is 9.59 Å². The molecule has 3 rings (SSSR count). The van der Waals surface area contributed by atoms with E-state index < -0.39 is 23.9 Å². The van der Waals surface area contributed by atoms with Gasteiger partial charge in [0.15, 0.2) is 0 Å². The number of unbranched alkanes of at least 4 members (excludes halogenated alkanes) is 1. The molecular formula is C18H24FN5O3. The van der Waals surface area contributed by atoms with Crippen LogP contribution in [0.25, 0.3) is 0 Å². The number of carbonyl (C=O) groups excluding carboxylic acids is 3. The Bertz CT molecular complexity index is 729. The number of carbonyl (C=O) groups is 3. The van der Waals surface area contributed by atoms with Gasteiger partial charge in [-0.15, -0.1) is 0 Å². The molecule has 2 heterocycles. The van der Waals surface area contributed by atoms with Gasteiger partial charge in [0.05, 0.1) is 11.7 Å². The van der Waals surface area contributed by atoms with Gasteiger partial charge in [0.1, 0.15) is 17.9 Å². The predicted molar refractivity (Wildman–Crippen MR) is 97.3 cm³/mol. The van der Waals surface area contributed by atoms with Gasteiger partial charge in [0.25, 0.3) is 0 Å². The number of nitrogens with one attached hydrogen (secondary N) is 3. The molecule has 3 atom stereocenters. The molecule has 146 valence electrons. The third-order valence-electron chi connectivity index (χ3n) is 4.91. The van der Waals surface area contributed by atoms with Gasteiger partial charge in [0, 0.05) is 6.54 Å². The van der Waals surface area contributed by atoms with E-state index in [0.717, 1.165) is 12.8 Å². The molecular weight excluding hydrogens is 353 g/mol. The second kappa shape index (κ2) is 8.34. The Hall–Kier alpha value is -2.68. The number of hydrogen-bond donors (Lipinski definition) is 4. The third-order valence-corrected chi connectivity index (χ3v) is 4.91. The van der Waals surface area contributed by atoms with Crippen LogP contribution in [0.15, 0.2) is 24.3 Å². The summed E-state index contributed by atoms with van der Waals surface area (Å²) in [4.78, 5) is 38.6. The first-order valence-corrected chi connectivity index (χ1v) is 9.12. The maximum Gasteiger partial charge on any atom is 0.319 e. The maximum atomic E-state index is 13.6. The molecule has 8 nitrogen and oxygen atoms in total. The van der Waals surface area contributed by atoms with Crippen LogP contribution in [0, 0.1) is 5.82 Å². The average Bonchev–Trinajstić information content (AvgIpc) is 3.06. The summed E-state index contributed by atoms with van der Waals surface area (Å²) in [6.07, 6.45) is 2.44. The summed E-state index contributed by atoms with van der Waals surface area (Å²) in [6.45, 7) is 0.805. The molecule has 0 radical (unpaired) electrons. The lowest BCUT2D eigenvalue weighted by molar-refractivity contribution is -0.147. The maximum absolute atomic E-state index is 13.6. The fraction of sp³-hybridized carbons (Fsp3) is 0.500. The molecule has 2 aliphatic rings. The molecule has 1 aromatic carbocycles. The highest BCUT2D eigenvalue weighted by Gasteiger charge is 2.46. The summed E-state index contributed by atoms with van der Waals surface area (Å²) >= 11 is 0. The highest BCUT2D eigenvalue weighted by atomic mass is 19.1. The van der Waals surface area contributed by atoms with Crippen molar-refractivity contribution in [1.29, 1.82) is 0 Å². The predicted octanol–water partition coefficient (Wildman–Crippen LogP) is 0.544. The van der Waals surface area contributed by atoms with E-state index in [-0.39, 0.29) is 30.1 Å². The Labute approximate surface area is 156 Å². The van der Waals surface area contributed by atoms with E-state index >= 15 is 0 Å². The zero-order valence-electron chi connectivity index (χ0n) is 14.9. The van der Waals surface area contributed by atoms with Gasteiger partial charge in [-0.25, -0.2) is 9.18 Å². The second-order valence-electron chi connectivity index (χ2n) is 6.86. The molecule has 27 heavy (non-hydrogen) atoms. The minimum absolute atomic E-state index is 0.0690. The van der Waals surface area contributed by atoms with Crippen molar-refractivity contribution in [1.82, 2.24) is 15.5 Å². The lowest BCUT2D eigenvalue weighted by atomic mass is 10.0. The zero-order chi connectivity index (χ0) is 19.4. The van der Waals surface area contributed by atoms with Crippen molar-refractivity contribution in [3.05, 3.63) is 30.1 Å². The van der Waals surface area contributed by atoms with Gasteiger partial charge in [0.2, 0.25) is 11.8 Å². The minimum Gasteiger partial charge on any atom is -0.343 e. The monoisotopic (exact) mass is 377 g/mol. The van der Waals surface area contributed by atoms with Crippen LogP contribution in [0.4, 0.5) is 14.9 Å². The van der Waals surface area contributed by atoms with Crippen molar-refractivity contribution < 1.29 is 18.8 Å². The smallest absolute Gasteiger partial charge is 0.319 e. The SMILES string of the molecule is NCCCC[C@@H]1NC(=O)[C@@H]2C[C@H](NC(=O)Nc3ccccc3F)CN2C1=O. The van der Waals surface area contributed by atoms with E-state index in [2.05, 4.69) is 16.0 Å². The fourth-order valence-corrected chi connectivity index (χ4v) is 3.56. The van der Waals surface area contributed by atoms with Gasteiger partial charge in [-0.3, -0.25) is 9.59 Å². The summed E-state index contributed by atoms with van der Waals surface area (Å²) in [5.41, 5.74) is 5.54. The quantitative estimate of drug-likeness (QED) is 0.542. The van der Waals surface area contributed by atoms with E-state index in [1.54, 1.807) is 6.07 Å². The molecule has 2 saturated heterocycles. The Morgan fingerprint density at radius 3 is 2.81 bits per heavy atom. The van der Waals surface area contributed by atoms with Crippen LogP contribution >= 0.6 is 0 Å². The van der Waals surface area contributed by atoms with Gasteiger partial charge >= 0.3 is 6.03 Å². The van der Waals surface area contributed by atoms with Crippen LogP contribution in [0.2, 0.25) is 0 Å². The molecule has 0 unspecified atom stereocenters. The van der Waals surface area contributed by atoms with Crippen molar-refractivity contribution in [3.8, 4) is 0 Å². The number of hydrogen-bond acceptors (Lipinski definition) is 4. The number of amides is 4. The molecule has 2 aliphatic heterocycles. The van der Waals surface area contributed by atoms with Crippen LogP contribution in [-0.4, -0.2) is 54.0 Å². The molecule has 0 saturated carbocycles. The van der Waals surface area contributed by atoms with Gasteiger partial charge in [-0.2, -0.15) is 0 Å². The Kier molecular flexibility index (Phi) is 5.90. The number of nitrogens with two attached hydrogens (primary N) is 1. The lowest BCUT2D eigenvalue weighted by Crippen LogP contribution is -2.61. The van der Waals surface area contributed by atoms with E-state index in [4.69, 9.17) is 5.73 Å². The Morgan fingerprint density at radius 1 is 1.30 bits per heavy atom. The number of halogens is 1. The number of benzene rings is 1. The van der Waals surface area contributed by atoms with Crippen molar-refractivity contribution in [2.75, 3.05) is 18.4 Å². The van der Waals surface area contributed by atoms with Crippen molar-refractivity contribution in [2.24, 2.45) is 5.73 Å². The normalized spacial score (nSPS) is 24.4. The largest absolute Gasteiger partial charge is 0.343 e. The lowest BCUT2D eigenvalue weighted by Gasteiger charge is -2.34. The fourth-order valence-electron chi connectivity index (χ4n) is 3.56. The van der Waals surface area contributed by atoms with Crippen LogP contribution in [0.3, 0.4) is 0 Å². The third kappa shape index (κ3) is 4.36. The van der Waals surface area contributed by atoms with Crippen molar-refractivity contribution >= 4 is 23.5 Å². The summed E-state index contributed by atoms with van der Waals surface area (Å²) in [6, 6.07) is 3.78. The molecule has 2 fully saturated rings. The standard InChI is InChI=1S/C18H24FN5O3/c19-12-5-1-2-6-13(12)23-18(27)21-11-9-15-16(25)22-14(7-3-4-8-20)17(26)24(15)10-11/h1-2,5-6,11,14-15H,3-4,7-10,20H2,(H,22,25)(H2,21,23,27)/t11-,14-,15-/m0/s1. The first-order chi connectivity index (χ1) is 13.0. The molecule has 0 bridgehead atoms. The highest BCUT2D eigenvalue weighted by Crippen LogP contribution is 2.24. The van der Waals surface area contributed by atoms with Crippen LogP contribution < -0.4 is 21.7 Å². The minimum atomic E-state index is -0.581. The summed E-state index contributed by atoms with van der Waals surface area (Å²) < 4.78 is 13.6. The van der Waals surface area contributed by atoms with Crippen molar-refractivity contribution in [2.45, 2.75) is 43.8 Å². The van der Waals surface area contributed by atoms with Crippen LogP contribution in [0.5, 0.6) is 0 Å². The molecule has 0 aromatic heterocycles.